The van der Waals surface area contributed by atoms with Gasteiger partial charge in [-0.3, -0.25) is 0 Å². The van der Waals surface area contributed by atoms with Crippen molar-refractivity contribution in [3.05, 3.63) is 0 Å². The van der Waals surface area contributed by atoms with Gasteiger partial charge in [-0.05, 0) is 25.7 Å². The predicted octanol–water partition coefficient (Wildman–Crippen LogP) is 2.33. The van der Waals surface area contributed by atoms with Crippen LogP contribution in [0.5, 0.6) is 0 Å². The molecule has 1 aliphatic heterocycles. The van der Waals surface area contributed by atoms with E-state index in [9.17, 15) is 0 Å². The summed E-state index contributed by atoms with van der Waals surface area (Å²) in [7, 11) is 0. The molecule has 84 valence electrons. The van der Waals surface area contributed by atoms with Gasteiger partial charge in [-0.1, -0.05) is 6.92 Å². The summed E-state index contributed by atoms with van der Waals surface area (Å²) in [5.74, 6) is 1.31. The van der Waals surface area contributed by atoms with Crippen LogP contribution in [0.1, 0.15) is 32.6 Å². The molecule has 2 aliphatic rings. The number of rotatable bonds is 1. The van der Waals surface area contributed by atoms with Crippen LogP contribution in [0.25, 0.3) is 0 Å². The molecule has 0 bridgehead atoms. The molecule has 2 rings (SSSR count). The first-order chi connectivity index (χ1) is 7.29. The number of hydrogen-bond donors (Lipinski definition) is 0. The van der Waals surface area contributed by atoms with E-state index in [0.717, 1.165) is 38.9 Å². The standard InChI is InChI=1S/C12H19NO2/c1-9-7-14-12(15-8-9)11-4-2-10(6-13)3-5-11/h9-12H,2-5,7-8H2,1H3/t9?,10-,11-,12?. The summed E-state index contributed by atoms with van der Waals surface area (Å²) in [5, 5.41) is 8.81. The highest BCUT2D eigenvalue weighted by atomic mass is 16.7. The summed E-state index contributed by atoms with van der Waals surface area (Å²) < 4.78 is 11.4. The Morgan fingerprint density at radius 3 is 2.20 bits per heavy atom. The summed E-state index contributed by atoms with van der Waals surface area (Å²) >= 11 is 0. The highest BCUT2D eigenvalue weighted by Crippen LogP contribution is 2.33. The lowest BCUT2D eigenvalue weighted by Crippen LogP contribution is -2.37. The second-order valence-corrected chi connectivity index (χ2v) is 4.88. The van der Waals surface area contributed by atoms with E-state index < -0.39 is 0 Å². The van der Waals surface area contributed by atoms with Gasteiger partial charge in [0.05, 0.1) is 19.3 Å². The minimum atomic E-state index is 0.000780. The third-order valence-electron chi connectivity index (χ3n) is 3.43. The zero-order valence-corrected chi connectivity index (χ0v) is 9.32. The van der Waals surface area contributed by atoms with Gasteiger partial charge in [-0.25, -0.2) is 0 Å². The van der Waals surface area contributed by atoms with Crippen LogP contribution >= 0.6 is 0 Å². The molecule has 1 saturated carbocycles. The fourth-order valence-corrected chi connectivity index (χ4v) is 2.41. The van der Waals surface area contributed by atoms with Crippen molar-refractivity contribution < 1.29 is 9.47 Å². The first-order valence-electron chi connectivity index (χ1n) is 5.92. The monoisotopic (exact) mass is 209 g/mol. The molecule has 2 fully saturated rings. The molecule has 1 saturated heterocycles. The highest BCUT2D eigenvalue weighted by Gasteiger charge is 2.31. The Morgan fingerprint density at radius 1 is 1.07 bits per heavy atom. The van der Waals surface area contributed by atoms with Crippen LogP contribution in [0.2, 0.25) is 0 Å². The maximum absolute atomic E-state index is 8.81. The Morgan fingerprint density at radius 2 is 1.67 bits per heavy atom. The first kappa shape index (κ1) is 10.9. The summed E-state index contributed by atoms with van der Waals surface area (Å²) in [6.07, 6.45) is 4.19. The summed E-state index contributed by atoms with van der Waals surface area (Å²) in [6.45, 7) is 3.79. The van der Waals surface area contributed by atoms with Crippen LogP contribution in [0.4, 0.5) is 0 Å². The Kier molecular flexibility index (Phi) is 3.61. The summed E-state index contributed by atoms with van der Waals surface area (Å²) in [6, 6.07) is 2.35. The molecule has 0 aromatic heterocycles. The van der Waals surface area contributed by atoms with E-state index in [0.29, 0.717) is 11.8 Å². The van der Waals surface area contributed by atoms with Crippen LogP contribution in [0.15, 0.2) is 0 Å². The minimum absolute atomic E-state index is 0.000780. The molecule has 1 aliphatic carbocycles. The smallest absolute Gasteiger partial charge is 0.160 e. The molecule has 0 aromatic carbocycles. The van der Waals surface area contributed by atoms with Gasteiger partial charge < -0.3 is 9.47 Å². The van der Waals surface area contributed by atoms with Gasteiger partial charge >= 0.3 is 0 Å². The van der Waals surface area contributed by atoms with E-state index in [1.165, 1.54) is 0 Å². The van der Waals surface area contributed by atoms with E-state index >= 15 is 0 Å². The Balaban J connectivity index is 1.78. The lowest BCUT2D eigenvalue weighted by molar-refractivity contribution is -0.226. The van der Waals surface area contributed by atoms with Crippen molar-refractivity contribution in [1.29, 1.82) is 5.26 Å². The quantitative estimate of drug-likeness (QED) is 0.665. The second-order valence-electron chi connectivity index (χ2n) is 4.88. The topological polar surface area (TPSA) is 42.2 Å². The van der Waals surface area contributed by atoms with Gasteiger partial charge in [0.1, 0.15) is 0 Å². The largest absolute Gasteiger partial charge is 0.352 e. The fraction of sp³-hybridized carbons (Fsp3) is 0.917. The predicted molar refractivity (Wildman–Crippen MR) is 55.9 cm³/mol. The molecule has 0 spiro atoms. The Labute approximate surface area is 91.4 Å². The van der Waals surface area contributed by atoms with E-state index in [2.05, 4.69) is 13.0 Å². The van der Waals surface area contributed by atoms with Crippen molar-refractivity contribution >= 4 is 0 Å². The van der Waals surface area contributed by atoms with Gasteiger partial charge in [0.15, 0.2) is 6.29 Å². The van der Waals surface area contributed by atoms with Crippen molar-refractivity contribution in [3.63, 3.8) is 0 Å². The van der Waals surface area contributed by atoms with Crippen LogP contribution in [-0.2, 0) is 9.47 Å². The van der Waals surface area contributed by atoms with Crippen LogP contribution < -0.4 is 0 Å². The van der Waals surface area contributed by atoms with Crippen LogP contribution in [0.3, 0.4) is 0 Å². The van der Waals surface area contributed by atoms with Crippen molar-refractivity contribution in [1.82, 2.24) is 0 Å². The third-order valence-corrected chi connectivity index (χ3v) is 3.43. The van der Waals surface area contributed by atoms with E-state index in [-0.39, 0.29) is 12.2 Å². The average molecular weight is 209 g/mol. The normalized spacial score (nSPS) is 42.1. The van der Waals surface area contributed by atoms with Crippen molar-refractivity contribution in [2.75, 3.05) is 13.2 Å². The first-order valence-corrected chi connectivity index (χ1v) is 5.92. The zero-order valence-electron chi connectivity index (χ0n) is 9.32. The molecule has 0 N–H and O–H groups in total. The SMILES string of the molecule is CC1COC([C@H]2CC[C@H](C#N)CC2)OC1. The molecule has 0 unspecified atom stereocenters. The van der Waals surface area contributed by atoms with E-state index in [1.807, 2.05) is 0 Å². The van der Waals surface area contributed by atoms with Crippen molar-refractivity contribution in [2.24, 2.45) is 17.8 Å². The van der Waals surface area contributed by atoms with Gasteiger partial charge in [0.2, 0.25) is 0 Å². The number of nitrogens with zero attached hydrogens (tertiary/aromatic N) is 1. The Bertz CT molecular complexity index is 232. The van der Waals surface area contributed by atoms with Crippen LogP contribution in [-0.4, -0.2) is 19.5 Å². The molecule has 1 heterocycles. The molecule has 3 heteroatoms. The van der Waals surface area contributed by atoms with E-state index in [1.54, 1.807) is 0 Å². The molecule has 0 atom stereocenters. The average Bonchev–Trinajstić information content (AvgIpc) is 2.30. The lowest BCUT2D eigenvalue weighted by atomic mass is 9.82. The minimum Gasteiger partial charge on any atom is -0.352 e. The van der Waals surface area contributed by atoms with Gasteiger partial charge in [-0.15, -0.1) is 0 Å². The number of hydrogen-bond acceptors (Lipinski definition) is 3. The Hall–Kier alpha value is -0.590. The highest BCUT2D eigenvalue weighted by molar-refractivity contribution is 4.88. The molecular formula is C12H19NO2. The van der Waals surface area contributed by atoms with Crippen LogP contribution in [0, 0.1) is 29.1 Å². The molecule has 15 heavy (non-hydrogen) atoms. The third kappa shape index (κ3) is 2.70. The van der Waals surface area contributed by atoms with Gasteiger partial charge in [-0.2, -0.15) is 5.26 Å². The summed E-state index contributed by atoms with van der Waals surface area (Å²) in [5.41, 5.74) is 0. The second kappa shape index (κ2) is 4.96. The van der Waals surface area contributed by atoms with Gasteiger partial charge in [0, 0.05) is 17.8 Å². The molecule has 3 nitrogen and oxygen atoms in total. The number of nitriles is 1. The zero-order chi connectivity index (χ0) is 10.7. The molecule has 0 amide bonds. The summed E-state index contributed by atoms with van der Waals surface area (Å²) in [4.78, 5) is 0. The maximum Gasteiger partial charge on any atom is 0.160 e. The molecule has 0 aromatic rings. The maximum atomic E-state index is 8.81. The van der Waals surface area contributed by atoms with Gasteiger partial charge in [0.25, 0.3) is 0 Å². The number of ether oxygens (including phenoxy) is 2. The molecular weight excluding hydrogens is 190 g/mol. The van der Waals surface area contributed by atoms with E-state index in [4.69, 9.17) is 14.7 Å². The van der Waals surface area contributed by atoms with Crippen molar-refractivity contribution in [3.8, 4) is 6.07 Å². The van der Waals surface area contributed by atoms with Crippen molar-refractivity contribution in [2.45, 2.75) is 38.9 Å². The molecule has 0 radical (unpaired) electrons. The fourth-order valence-electron chi connectivity index (χ4n) is 2.41. The lowest BCUT2D eigenvalue weighted by Gasteiger charge is -2.35.